The first-order chi connectivity index (χ1) is 11.9. The zero-order valence-corrected chi connectivity index (χ0v) is 14.8. The van der Waals surface area contributed by atoms with Crippen molar-refractivity contribution in [2.45, 2.75) is 17.7 Å². The lowest BCUT2D eigenvalue weighted by atomic mass is 9.97. The Morgan fingerprint density at radius 3 is 2.72 bits per heavy atom. The van der Waals surface area contributed by atoms with Gasteiger partial charge in [-0.15, -0.1) is 0 Å². The highest BCUT2D eigenvalue weighted by Crippen LogP contribution is 2.51. The molecular weight excluding hydrogens is 352 g/mol. The second-order valence-corrected chi connectivity index (χ2v) is 7.44. The van der Waals surface area contributed by atoms with Crippen molar-refractivity contribution in [2.24, 2.45) is 0 Å². The van der Waals surface area contributed by atoms with Crippen molar-refractivity contribution in [3.63, 3.8) is 0 Å². The van der Waals surface area contributed by atoms with Gasteiger partial charge >= 0.3 is 0 Å². The molecule has 0 aromatic heterocycles. The van der Waals surface area contributed by atoms with Gasteiger partial charge < -0.3 is 24.2 Å². The summed E-state index contributed by atoms with van der Waals surface area (Å²) in [6.07, 6.45) is 0.625. The van der Waals surface area contributed by atoms with Crippen molar-refractivity contribution < 1.29 is 32.5 Å². The Morgan fingerprint density at radius 1 is 1.32 bits per heavy atom. The van der Waals surface area contributed by atoms with Gasteiger partial charge in [-0.25, -0.2) is 13.1 Å². The average molecular weight is 372 g/mol. The maximum absolute atomic E-state index is 12.8. The summed E-state index contributed by atoms with van der Waals surface area (Å²) >= 11 is 0. The number of carbonyl (C=O) groups excluding carboxylic acids is 1. The van der Waals surface area contributed by atoms with E-state index < -0.39 is 10.0 Å². The van der Waals surface area contributed by atoms with E-state index in [1.807, 2.05) is 0 Å². The highest BCUT2D eigenvalue weighted by atomic mass is 32.2. The largest absolute Gasteiger partial charge is 0.492 e. The van der Waals surface area contributed by atoms with Crippen molar-refractivity contribution >= 4 is 15.9 Å². The first-order valence-electron chi connectivity index (χ1n) is 7.80. The molecule has 1 amide bonds. The number of likely N-dealkylation sites (N-methyl/N-ethyl adjacent to an activating group) is 1. The zero-order valence-electron chi connectivity index (χ0n) is 14.0. The van der Waals surface area contributed by atoms with Gasteiger partial charge in [0.1, 0.15) is 4.90 Å². The second kappa shape index (κ2) is 6.70. The highest BCUT2D eigenvalue weighted by Gasteiger charge is 2.40. The topological polar surface area (TPSA) is 114 Å². The number of nitrogens with zero attached hydrogens (tertiary/aromatic N) is 1. The number of sulfonamides is 1. The Morgan fingerprint density at radius 2 is 2.04 bits per heavy atom. The number of amides is 1. The van der Waals surface area contributed by atoms with Gasteiger partial charge in [-0.05, 0) is 18.4 Å². The fraction of sp³-hybridized carbons (Fsp3) is 0.533. The molecule has 2 aliphatic rings. The van der Waals surface area contributed by atoms with Crippen LogP contribution in [0.4, 0.5) is 0 Å². The number of nitrogens with one attached hydrogen (secondary N) is 1. The maximum atomic E-state index is 12.8. The number of carbonyl (C=O) groups is 1. The van der Waals surface area contributed by atoms with E-state index in [9.17, 15) is 13.2 Å². The van der Waals surface area contributed by atoms with Crippen molar-refractivity contribution in [3.8, 4) is 17.2 Å². The number of rotatable bonds is 6. The number of aliphatic hydroxyl groups is 1. The van der Waals surface area contributed by atoms with E-state index in [4.69, 9.17) is 19.3 Å². The van der Waals surface area contributed by atoms with Gasteiger partial charge in [0.2, 0.25) is 22.6 Å². The molecule has 0 bridgehead atoms. The van der Waals surface area contributed by atoms with E-state index in [2.05, 4.69) is 4.72 Å². The van der Waals surface area contributed by atoms with Crippen LogP contribution < -0.4 is 18.9 Å². The van der Waals surface area contributed by atoms with E-state index in [0.29, 0.717) is 18.5 Å². The number of hydrogen-bond donors (Lipinski definition) is 2. The van der Waals surface area contributed by atoms with Crippen LogP contribution in [0.2, 0.25) is 0 Å². The van der Waals surface area contributed by atoms with E-state index in [1.54, 1.807) is 7.05 Å². The van der Waals surface area contributed by atoms with E-state index in [-0.39, 0.29) is 60.0 Å². The third-order valence-electron chi connectivity index (χ3n) is 4.19. The van der Waals surface area contributed by atoms with Crippen LogP contribution in [-0.2, 0) is 16.4 Å². The summed E-state index contributed by atoms with van der Waals surface area (Å²) in [5, 5.41) is 8.87. The van der Waals surface area contributed by atoms with Gasteiger partial charge in [0.25, 0.3) is 5.91 Å². The SMILES string of the molecule is COc1c2c(c(S(=O)(=O)NCCCO)c3c1C(=O)N(C)CC3)OCO2. The van der Waals surface area contributed by atoms with Crippen LogP contribution in [0, 0.1) is 0 Å². The number of fused-ring (bicyclic) bond motifs is 2. The molecule has 0 radical (unpaired) electrons. The minimum atomic E-state index is -3.96. The monoisotopic (exact) mass is 372 g/mol. The molecule has 2 N–H and O–H groups in total. The molecule has 0 aliphatic carbocycles. The third-order valence-corrected chi connectivity index (χ3v) is 5.74. The average Bonchev–Trinajstić information content (AvgIpc) is 3.04. The second-order valence-electron chi connectivity index (χ2n) is 5.73. The van der Waals surface area contributed by atoms with Crippen molar-refractivity contribution in [2.75, 3.05) is 40.6 Å². The molecule has 0 unspecified atom stereocenters. The normalized spacial score (nSPS) is 16.1. The number of benzene rings is 1. The van der Waals surface area contributed by atoms with Crippen LogP contribution in [0.5, 0.6) is 17.2 Å². The van der Waals surface area contributed by atoms with Gasteiger partial charge in [0.05, 0.1) is 12.7 Å². The lowest BCUT2D eigenvalue weighted by Gasteiger charge is -2.28. The van der Waals surface area contributed by atoms with E-state index in [1.165, 1.54) is 12.0 Å². The standard InChI is InChI=1S/C15H20N2O7S/c1-17-6-4-9-10(15(17)19)11(22-2)12-13(24-8-23-12)14(9)25(20,21)16-5-3-7-18/h16,18H,3-8H2,1-2H3. The smallest absolute Gasteiger partial charge is 0.257 e. The van der Waals surface area contributed by atoms with Crippen molar-refractivity contribution in [1.29, 1.82) is 0 Å². The molecule has 9 nitrogen and oxygen atoms in total. The summed E-state index contributed by atoms with van der Waals surface area (Å²) in [7, 11) is -0.920. The molecule has 2 aliphatic heterocycles. The minimum Gasteiger partial charge on any atom is -0.492 e. The van der Waals surface area contributed by atoms with Crippen LogP contribution in [0.15, 0.2) is 4.90 Å². The lowest BCUT2D eigenvalue weighted by molar-refractivity contribution is 0.0775. The Bertz CT molecular complexity index is 807. The van der Waals surface area contributed by atoms with Gasteiger partial charge in [-0.2, -0.15) is 0 Å². The van der Waals surface area contributed by atoms with Gasteiger partial charge in [-0.3, -0.25) is 4.79 Å². The van der Waals surface area contributed by atoms with Crippen LogP contribution in [0.25, 0.3) is 0 Å². The number of methoxy groups -OCH3 is 1. The number of ether oxygens (including phenoxy) is 3. The lowest BCUT2D eigenvalue weighted by Crippen LogP contribution is -2.36. The number of hydrogen-bond acceptors (Lipinski definition) is 7. The summed E-state index contributed by atoms with van der Waals surface area (Å²) in [5.41, 5.74) is 0.545. The summed E-state index contributed by atoms with van der Waals surface area (Å²) in [4.78, 5) is 14.1. The predicted octanol–water partition coefficient (Wildman–Crippen LogP) is -0.287. The Labute approximate surface area is 145 Å². The van der Waals surface area contributed by atoms with Crippen molar-refractivity contribution in [1.82, 2.24) is 9.62 Å². The van der Waals surface area contributed by atoms with E-state index in [0.717, 1.165) is 0 Å². The molecule has 2 heterocycles. The molecular formula is C15H20N2O7S. The van der Waals surface area contributed by atoms with Crippen LogP contribution in [0.3, 0.4) is 0 Å². The molecule has 25 heavy (non-hydrogen) atoms. The molecule has 0 saturated heterocycles. The maximum Gasteiger partial charge on any atom is 0.257 e. The molecule has 0 saturated carbocycles. The molecule has 1 aromatic carbocycles. The van der Waals surface area contributed by atoms with Crippen LogP contribution in [0.1, 0.15) is 22.3 Å². The van der Waals surface area contributed by atoms with Crippen molar-refractivity contribution in [3.05, 3.63) is 11.1 Å². The third kappa shape index (κ3) is 2.90. The quantitative estimate of drug-likeness (QED) is 0.660. The summed E-state index contributed by atoms with van der Waals surface area (Å²) in [5.74, 6) is 0.0356. The summed E-state index contributed by atoms with van der Waals surface area (Å²) < 4.78 is 44.2. The highest BCUT2D eigenvalue weighted by molar-refractivity contribution is 7.89. The van der Waals surface area contributed by atoms with Gasteiger partial charge in [0.15, 0.2) is 11.5 Å². The molecule has 0 atom stereocenters. The molecule has 3 rings (SSSR count). The predicted molar refractivity (Wildman–Crippen MR) is 86.7 cm³/mol. The fourth-order valence-corrected chi connectivity index (χ4v) is 4.47. The summed E-state index contributed by atoms with van der Waals surface area (Å²) in [6, 6.07) is 0. The minimum absolute atomic E-state index is 0.0597. The van der Waals surface area contributed by atoms with Crippen LogP contribution >= 0.6 is 0 Å². The zero-order chi connectivity index (χ0) is 18.2. The Kier molecular flexibility index (Phi) is 4.76. The molecule has 138 valence electrons. The molecule has 10 heteroatoms. The van der Waals surface area contributed by atoms with Gasteiger partial charge in [0, 0.05) is 26.7 Å². The van der Waals surface area contributed by atoms with E-state index >= 15 is 0 Å². The molecule has 0 spiro atoms. The first-order valence-corrected chi connectivity index (χ1v) is 9.29. The van der Waals surface area contributed by atoms with Gasteiger partial charge in [-0.1, -0.05) is 0 Å². The van der Waals surface area contributed by atoms with Crippen LogP contribution in [-0.4, -0.2) is 65.0 Å². The molecule has 1 aromatic rings. The molecule has 0 fully saturated rings. The summed E-state index contributed by atoms with van der Waals surface area (Å²) in [6.45, 7) is 0.166. The fourth-order valence-electron chi connectivity index (χ4n) is 2.99. The number of aliphatic hydroxyl groups excluding tert-OH is 1. The Hall–Kier alpha value is -2.04. The Balaban J connectivity index is 2.23. The first kappa shape index (κ1) is 17.8.